The van der Waals surface area contributed by atoms with Gasteiger partial charge in [0.15, 0.2) is 11.5 Å². The van der Waals surface area contributed by atoms with Gasteiger partial charge in [-0.25, -0.2) is 4.79 Å². The highest BCUT2D eigenvalue weighted by Crippen LogP contribution is 2.23. The highest BCUT2D eigenvalue weighted by atomic mass is 16.5. The van der Waals surface area contributed by atoms with Crippen LogP contribution >= 0.6 is 0 Å². The van der Waals surface area contributed by atoms with E-state index < -0.39 is 12.0 Å². The monoisotopic (exact) mass is 390 g/mol. The number of esters is 1. The number of carbonyl (C=O) groups is 3. The topological polar surface area (TPSA) is 102 Å². The molecule has 0 aliphatic heterocycles. The van der Waals surface area contributed by atoms with Crippen molar-refractivity contribution in [3.05, 3.63) is 46.7 Å². The molecule has 2 aromatic heterocycles. The van der Waals surface area contributed by atoms with Crippen LogP contribution in [0.2, 0.25) is 0 Å². The van der Waals surface area contributed by atoms with Gasteiger partial charge in [0, 0.05) is 31.5 Å². The van der Waals surface area contributed by atoms with Crippen LogP contribution in [0.25, 0.3) is 0 Å². The Balaban J connectivity index is 2.34. The molecular formula is C20H26N2O6. The summed E-state index contributed by atoms with van der Waals surface area (Å²) in [4.78, 5) is 42.4. The maximum Gasteiger partial charge on any atom is 0.354 e. The van der Waals surface area contributed by atoms with Gasteiger partial charge < -0.3 is 23.8 Å². The highest BCUT2D eigenvalue weighted by molar-refractivity contribution is 6.07. The molecule has 0 bridgehead atoms. The smallest absolute Gasteiger partial charge is 0.354 e. The van der Waals surface area contributed by atoms with E-state index in [1.807, 2.05) is 0 Å². The molecule has 2 heterocycles. The molecule has 1 unspecified atom stereocenters. The van der Waals surface area contributed by atoms with Gasteiger partial charge in [0.1, 0.15) is 5.69 Å². The Labute approximate surface area is 163 Å². The lowest BCUT2D eigenvalue weighted by Crippen LogP contribution is -2.44. The normalized spacial score (nSPS) is 11.9. The average Bonchev–Trinajstić information content (AvgIpc) is 3.31. The molecule has 0 spiro atoms. The third-order valence-electron chi connectivity index (χ3n) is 4.66. The number of hydrogen-bond acceptors (Lipinski definition) is 6. The van der Waals surface area contributed by atoms with E-state index in [0.717, 1.165) is 0 Å². The summed E-state index contributed by atoms with van der Waals surface area (Å²) >= 11 is 0. The molecule has 1 atom stereocenters. The zero-order valence-corrected chi connectivity index (χ0v) is 16.8. The Morgan fingerprint density at radius 3 is 2.54 bits per heavy atom. The Kier molecular flexibility index (Phi) is 7.17. The van der Waals surface area contributed by atoms with Crippen LogP contribution < -0.4 is 0 Å². The number of Topliss-reactive ketones (excluding diaryl/α,β-unsaturated/α-hetero) is 1. The number of furan rings is 1. The van der Waals surface area contributed by atoms with Gasteiger partial charge in [-0.15, -0.1) is 0 Å². The second-order valence-corrected chi connectivity index (χ2v) is 6.48. The summed E-state index contributed by atoms with van der Waals surface area (Å²) < 4.78 is 15.0. The van der Waals surface area contributed by atoms with E-state index in [-0.39, 0.29) is 23.1 Å². The quantitative estimate of drug-likeness (QED) is 0.401. The maximum atomic E-state index is 13.2. The zero-order chi connectivity index (χ0) is 20.8. The van der Waals surface area contributed by atoms with Crippen molar-refractivity contribution in [2.75, 3.05) is 27.4 Å². The first-order valence-corrected chi connectivity index (χ1v) is 8.98. The number of hydrogen-bond donors (Lipinski definition) is 1. The molecule has 152 valence electrons. The van der Waals surface area contributed by atoms with Gasteiger partial charge in [0.05, 0.1) is 19.4 Å². The number of nitrogens with zero attached hydrogens (tertiary/aromatic N) is 1. The lowest BCUT2D eigenvalue weighted by Gasteiger charge is -2.28. The van der Waals surface area contributed by atoms with Crippen molar-refractivity contribution >= 4 is 17.7 Å². The number of carbonyl (C=O) groups excluding carboxylic acids is 3. The first-order chi connectivity index (χ1) is 13.3. The minimum absolute atomic E-state index is 0.162. The summed E-state index contributed by atoms with van der Waals surface area (Å²) in [5.41, 5.74) is 1.68. The highest BCUT2D eigenvalue weighted by Gasteiger charge is 2.32. The summed E-state index contributed by atoms with van der Waals surface area (Å²) in [6, 6.07) is 2.43. The number of amides is 1. The number of rotatable bonds is 9. The van der Waals surface area contributed by atoms with Crippen molar-refractivity contribution in [1.29, 1.82) is 0 Å². The predicted octanol–water partition coefficient (Wildman–Crippen LogP) is 2.76. The van der Waals surface area contributed by atoms with E-state index in [9.17, 15) is 14.4 Å². The molecule has 0 aliphatic rings. The summed E-state index contributed by atoms with van der Waals surface area (Å²) in [5, 5.41) is 0. The van der Waals surface area contributed by atoms with E-state index >= 15 is 0 Å². The standard InChI is InChI=1S/C20H26N2O6/c1-12-16(13(2)21-17(12)20(25)27-5)18(23)14(3)22(9-7-10-26-4)19(24)15-8-6-11-28-15/h6,8,11,14,21H,7,9-10H2,1-5H3. The number of aromatic amines is 1. The number of nitrogens with one attached hydrogen (secondary N) is 1. The van der Waals surface area contributed by atoms with Crippen LogP contribution in [0.3, 0.4) is 0 Å². The van der Waals surface area contributed by atoms with E-state index in [1.165, 1.54) is 18.3 Å². The Morgan fingerprint density at radius 2 is 1.96 bits per heavy atom. The molecule has 8 heteroatoms. The van der Waals surface area contributed by atoms with Crippen molar-refractivity contribution in [1.82, 2.24) is 9.88 Å². The van der Waals surface area contributed by atoms with Gasteiger partial charge in [0.25, 0.3) is 5.91 Å². The Bertz CT molecular complexity index is 837. The van der Waals surface area contributed by atoms with Gasteiger partial charge in [-0.1, -0.05) is 0 Å². The molecule has 0 aromatic carbocycles. The predicted molar refractivity (Wildman–Crippen MR) is 102 cm³/mol. The maximum absolute atomic E-state index is 13.2. The van der Waals surface area contributed by atoms with Crippen molar-refractivity contribution in [2.24, 2.45) is 0 Å². The molecule has 0 aliphatic carbocycles. The SMILES string of the molecule is COCCCN(C(=O)c1ccco1)C(C)C(=O)c1c(C)[nH]c(C(=O)OC)c1C. The molecule has 0 radical (unpaired) electrons. The van der Waals surface area contributed by atoms with Crippen LogP contribution in [0.4, 0.5) is 0 Å². The molecule has 2 aromatic rings. The Morgan fingerprint density at radius 1 is 1.25 bits per heavy atom. The Hall–Kier alpha value is -2.87. The number of ketones is 1. The van der Waals surface area contributed by atoms with Crippen LogP contribution in [-0.4, -0.2) is 61.0 Å². The van der Waals surface area contributed by atoms with Crippen molar-refractivity contribution in [3.8, 4) is 0 Å². The van der Waals surface area contributed by atoms with E-state index in [2.05, 4.69) is 4.98 Å². The minimum Gasteiger partial charge on any atom is -0.464 e. The number of aromatic nitrogens is 1. The molecule has 1 N–H and O–H groups in total. The van der Waals surface area contributed by atoms with Crippen LogP contribution in [0.5, 0.6) is 0 Å². The van der Waals surface area contributed by atoms with Crippen LogP contribution in [0, 0.1) is 13.8 Å². The van der Waals surface area contributed by atoms with Crippen LogP contribution in [0.15, 0.2) is 22.8 Å². The molecule has 8 nitrogen and oxygen atoms in total. The van der Waals surface area contributed by atoms with Gasteiger partial charge in [0.2, 0.25) is 0 Å². The number of ether oxygens (including phenoxy) is 2. The van der Waals surface area contributed by atoms with Crippen molar-refractivity contribution < 1.29 is 28.3 Å². The second kappa shape index (κ2) is 9.36. The number of aryl methyl sites for hydroxylation is 1. The minimum atomic E-state index is -0.756. The lowest BCUT2D eigenvalue weighted by molar-refractivity contribution is 0.0579. The molecule has 0 saturated carbocycles. The fourth-order valence-corrected chi connectivity index (χ4v) is 3.17. The fraction of sp³-hybridized carbons (Fsp3) is 0.450. The lowest BCUT2D eigenvalue weighted by atomic mass is 9.99. The second-order valence-electron chi connectivity index (χ2n) is 6.48. The molecule has 0 saturated heterocycles. The first kappa shape index (κ1) is 21.4. The van der Waals surface area contributed by atoms with Gasteiger partial charge >= 0.3 is 5.97 Å². The molecular weight excluding hydrogens is 364 g/mol. The third-order valence-corrected chi connectivity index (χ3v) is 4.66. The molecule has 1 amide bonds. The van der Waals surface area contributed by atoms with Gasteiger partial charge in [-0.2, -0.15) is 0 Å². The molecule has 0 fully saturated rings. The van der Waals surface area contributed by atoms with Gasteiger partial charge in [-0.05, 0) is 44.9 Å². The van der Waals surface area contributed by atoms with E-state index in [1.54, 1.807) is 40.0 Å². The zero-order valence-electron chi connectivity index (χ0n) is 16.8. The molecule has 28 heavy (non-hydrogen) atoms. The average molecular weight is 390 g/mol. The summed E-state index contributed by atoms with van der Waals surface area (Å²) in [7, 11) is 2.86. The fourth-order valence-electron chi connectivity index (χ4n) is 3.17. The number of methoxy groups -OCH3 is 2. The van der Waals surface area contributed by atoms with E-state index in [4.69, 9.17) is 13.9 Å². The summed E-state index contributed by atoms with van der Waals surface area (Å²) in [5.74, 6) is -1.02. The molecule has 2 rings (SSSR count). The summed E-state index contributed by atoms with van der Waals surface area (Å²) in [6.45, 7) is 5.84. The van der Waals surface area contributed by atoms with Crippen LogP contribution in [0.1, 0.15) is 56.0 Å². The summed E-state index contributed by atoms with van der Waals surface area (Å²) in [6.07, 6.45) is 1.98. The van der Waals surface area contributed by atoms with Gasteiger partial charge in [-0.3, -0.25) is 9.59 Å². The third kappa shape index (κ3) is 4.33. The largest absolute Gasteiger partial charge is 0.464 e. The van der Waals surface area contributed by atoms with E-state index in [0.29, 0.717) is 36.4 Å². The van der Waals surface area contributed by atoms with Crippen LogP contribution in [-0.2, 0) is 9.47 Å². The van der Waals surface area contributed by atoms with Crippen molar-refractivity contribution in [2.45, 2.75) is 33.2 Å². The first-order valence-electron chi connectivity index (χ1n) is 8.98. The number of H-pyrrole nitrogens is 1. The van der Waals surface area contributed by atoms with Crippen molar-refractivity contribution in [3.63, 3.8) is 0 Å².